The molecule has 1 rings (SSSR count). The molecular weight excluding hydrogens is 150 g/mol. The lowest BCUT2D eigenvalue weighted by molar-refractivity contribution is 0.466. The molecule has 0 aliphatic rings. The molecule has 0 aromatic heterocycles. The first-order valence-electron chi connectivity index (χ1n) is 4.01. The van der Waals surface area contributed by atoms with E-state index in [4.69, 9.17) is 5.73 Å². The Hall–Kier alpha value is -1.18. The van der Waals surface area contributed by atoms with Gasteiger partial charge in [-0.2, -0.15) is 0 Å². The van der Waals surface area contributed by atoms with Gasteiger partial charge in [0.05, 0.1) is 0 Å². The van der Waals surface area contributed by atoms with Gasteiger partial charge in [0, 0.05) is 5.69 Å². The normalized spacial score (nSPS) is 10.3. The quantitative estimate of drug-likeness (QED) is 0.457. The van der Waals surface area contributed by atoms with Gasteiger partial charge in [-0.05, 0) is 49.9 Å². The van der Waals surface area contributed by atoms with Crippen molar-refractivity contribution in [2.45, 2.75) is 27.7 Å². The number of hydrogen-bond donors (Lipinski definition) is 2. The molecule has 0 unspecified atom stereocenters. The summed E-state index contributed by atoms with van der Waals surface area (Å²) in [7, 11) is 0. The zero-order valence-corrected chi connectivity index (χ0v) is 8.02. The van der Waals surface area contributed by atoms with Crippen LogP contribution in [0.4, 0.5) is 5.69 Å². The van der Waals surface area contributed by atoms with E-state index in [1.807, 2.05) is 27.7 Å². The minimum atomic E-state index is 0.374. The minimum absolute atomic E-state index is 0.374. The molecule has 0 fully saturated rings. The average Bonchev–Trinajstić information content (AvgIpc) is 2.08. The molecule has 0 amide bonds. The maximum Gasteiger partial charge on any atom is 0.122 e. The van der Waals surface area contributed by atoms with E-state index in [1.165, 1.54) is 0 Å². The highest BCUT2D eigenvalue weighted by Crippen LogP contribution is 2.32. The third-order valence-electron chi connectivity index (χ3n) is 2.64. The molecule has 1 aromatic rings. The SMILES string of the molecule is Cc1c(C)c(O)c(C)c(C)c1N. The first kappa shape index (κ1) is 8.91. The predicted molar refractivity (Wildman–Crippen MR) is 51.5 cm³/mol. The Morgan fingerprint density at radius 3 is 1.50 bits per heavy atom. The highest BCUT2D eigenvalue weighted by molar-refractivity contribution is 5.64. The lowest BCUT2D eigenvalue weighted by Crippen LogP contribution is -1.99. The van der Waals surface area contributed by atoms with Gasteiger partial charge in [0.1, 0.15) is 5.75 Å². The summed E-state index contributed by atoms with van der Waals surface area (Å²) in [5.74, 6) is 0.374. The van der Waals surface area contributed by atoms with Crippen LogP contribution in [-0.4, -0.2) is 5.11 Å². The van der Waals surface area contributed by atoms with Crippen molar-refractivity contribution in [1.29, 1.82) is 0 Å². The molecule has 66 valence electrons. The Labute approximate surface area is 73.0 Å². The van der Waals surface area contributed by atoms with Gasteiger partial charge in [0.2, 0.25) is 0 Å². The topological polar surface area (TPSA) is 46.2 Å². The molecule has 0 aliphatic carbocycles. The van der Waals surface area contributed by atoms with Crippen molar-refractivity contribution in [2.24, 2.45) is 0 Å². The lowest BCUT2D eigenvalue weighted by Gasteiger charge is -2.13. The number of aromatic hydroxyl groups is 1. The highest BCUT2D eigenvalue weighted by Gasteiger charge is 2.10. The summed E-state index contributed by atoms with van der Waals surface area (Å²) < 4.78 is 0. The van der Waals surface area contributed by atoms with Crippen LogP contribution in [0.5, 0.6) is 5.75 Å². The number of anilines is 1. The van der Waals surface area contributed by atoms with Crippen LogP contribution in [-0.2, 0) is 0 Å². The van der Waals surface area contributed by atoms with Crippen molar-refractivity contribution < 1.29 is 5.11 Å². The molecule has 2 nitrogen and oxygen atoms in total. The summed E-state index contributed by atoms with van der Waals surface area (Å²) in [5, 5.41) is 9.64. The first-order valence-corrected chi connectivity index (χ1v) is 4.01. The molecule has 0 radical (unpaired) electrons. The van der Waals surface area contributed by atoms with Crippen LogP contribution in [0, 0.1) is 27.7 Å². The van der Waals surface area contributed by atoms with E-state index >= 15 is 0 Å². The van der Waals surface area contributed by atoms with Gasteiger partial charge in [-0.15, -0.1) is 0 Å². The van der Waals surface area contributed by atoms with Crippen molar-refractivity contribution in [1.82, 2.24) is 0 Å². The van der Waals surface area contributed by atoms with E-state index in [-0.39, 0.29) is 0 Å². The third kappa shape index (κ3) is 1.04. The fraction of sp³-hybridized carbons (Fsp3) is 0.400. The van der Waals surface area contributed by atoms with E-state index in [0.29, 0.717) is 5.75 Å². The molecule has 2 heteroatoms. The summed E-state index contributed by atoms with van der Waals surface area (Å²) in [6.07, 6.45) is 0. The number of nitrogens with two attached hydrogens (primary N) is 1. The Morgan fingerprint density at radius 2 is 1.17 bits per heavy atom. The molecular formula is C10H15NO. The average molecular weight is 165 g/mol. The van der Waals surface area contributed by atoms with Crippen molar-refractivity contribution in [3.8, 4) is 5.75 Å². The standard InChI is InChI=1S/C10H15NO/c1-5-7(3)10(12)8(4)6(2)9(5)11/h12H,11H2,1-4H3. The van der Waals surface area contributed by atoms with Gasteiger partial charge in [-0.25, -0.2) is 0 Å². The first-order chi connectivity index (χ1) is 5.46. The van der Waals surface area contributed by atoms with Crippen molar-refractivity contribution >= 4 is 5.69 Å². The molecule has 0 aliphatic heterocycles. The third-order valence-corrected chi connectivity index (χ3v) is 2.64. The monoisotopic (exact) mass is 165 g/mol. The van der Waals surface area contributed by atoms with E-state index in [0.717, 1.165) is 27.9 Å². The summed E-state index contributed by atoms with van der Waals surface area (Å²) in [6.45, 7) is 7.62. The predicted octanol–water partition coefficient (Wildman–Crippen LogP) is 2.21. The van der Waals surface area contributed by atoms with Gasteiger partial charge in [-0.1, -0.05) is 0 Å². The Balaban J connectivity index is 3.60. The number of phenols is 1. The second kappa shape index (κ2) is 2.70. The van der Waals surface area contributed by atoms with Gasteiger partial charge in [0.25, 0.3) is 0 Å². The fourth-order valence-corrected chi connectivity index (χ4v) is 1.32. The van der Waals surface area contributed by atoms with E-state index in [1.54, 1.807) is 0 Å². The van der Waals surface area contributed by atoms with Crippen molar-refractivity contribution in [2.75, 3.05) is 5.73 Å². The zero-order valence-electron chi connectivity index (χ0n) is 8.02. The van der Waals surface area contributed by atoms with Crippen LogP contribution in [0.2, 0.25) is 0 Å². The maximum absolute atomic E-state index is 9.64. The molecule has 0 heterocycles. The number of phenolic OH excluding ortho intramolecular Hbond substituents is 1. The molecule has 0 atom stereocenters. The van der Waals surface area contributed by atoms with E-state index in [9.17, 15) is 5.11 Å². The lowest BCUT2D eigenvalue weighted by atomic mass is 9.98. The van der Waals surface area contributed by atoms with Crippen LogP contribution in [0.1, 0.15) is 22.3 Å². The van der Waals surface area contributed by atoms with E-state index < -0.39 is 0 Å². The summed E-state index contributed by atoms with van der Waals surface area (Å²) in [6, 6.07) is 0. The van der Waals surface area contributed by atoms with Crippen molar-refractivity contribution in [3.63, 3.8) is 0 Å². The van der Waals surface area contributed by atoms with E-state index in [2.05, 4.69) is 0 Å². The van der Waals surface area contributed by atoms with Crippen LogP contribution in [0.15, 0.2) is 0 Å². The smallest absolute Gasteiger partial charge is 0.122 e. The Bertz CT molecular complexity index is 224. The van der Waals surface area contributed by atoms with Crippen LogP contribution >= 0.6 is 0 Å². The van der Waals surface area contributed by atoms with Crippen molar-refractivity contribution in [3.05, 3.63) is 22.3 Å². The molecule has 0 bridgehead atoms. The second-order valence-electron chi connectivity index (χ2n) is 3.26. The molecule has 12 heavy (non-hydrogen) atoms. The number of rotatable bonds is 0. The fourth-order valence-electron chi connectivity index (χ4n) is 1.32. The maximum atomic E-state index is 9.64. The van der Waals surface area contributed by atoms with Crippen LogP contribution in [0.25, 0.3) is 0 Å². The number of nitrogen functional groups attached to an aromatic ring is 1. The summed E-state index contributed by atoms with van der Waals surface area (Å²) in [4.78, 5) is 0. The zero-order chi connectivity index (χ0) is 9.46. The highest BCUT2D eigenvalue weighted by atomic mass is 16.3. The molecule has 0 saturated carbocycles. The van der Waals surface area contributed by atoms with Gasteiger partial charge in [0.15, 0.2) is 0 Å². The molecule has 0 spiro atoms. The molecule has 3 N–H and O–H groups in total. The minimum Gasteiger partial charge on any atom is -0.507 e. The number of benzene rings is 1. The summed E-state index contributed by atoms with van der Waals surface area (Å²) >= 11 is 0. The van der Waals surface area contributed by atoms with Gasteiger partial charge in [-0.3, -0.25) is 0 Å². The van der Waals surface area contributed by atoms with Gasteiger partial charge >= 0.3 is 0 Å². The molecule has 1 aromatic carbocycles. The van der Waals surface area contributed by atoms with Gasteiger partial charge < -0.3 is 10.8 Å². The van der Waals surface area contributed by atoms with Crippen LogP contribution < -0.4 is 5.73 Å². The van der Waals surface area contributed by atoms with Crippen LogP contribution in [0.3, 0.4) is 0 Å². The largest absolute Gasteiger partial charge is 0.507 e. The molecule has 0 saturated heterocycles. The summed E-state index contributed by atoms with van der Waals surface area (Å²) in [5.41, 5.74) is 10.4. The Kier molecular flexibility index (Phi) is 2.01. The number of hydrogen-bond acceptors (Lipinski definition) is 2. The second-order valence-corrected chi connectivity index (χ2v) is 3.26. The Morgan fingerprint density at radius 1 is 0.833 bits per heavy atom.